The van der Waals surface area contributed by atoms with Gasteiger partial charge in [-0.3, -0.25) is 4.79 Å². The van der Waals surface area contributed by atoms with Gasteiger partial charge in [-0.25, -0.2) is 0 Å². The Labute approximate surface area is 48.9 Å². The van der Waals surface area contributed by atoms with Crippen molar-refractivity contribution >= 4 is 6.41 Å². The Balaban J connectivity index is 3.60. The summed E-state index contributed by atoms with van der Waals surface area (Å²) in [4.78, 5) is 9.70. The topological polar surface area (TPSA) is 29.1 Å². The van der Waals surface area contributed by atoms with Crippen molar-refractivity contribution in [3.63, 3.8) is 0 Å². The van der Waals surface area contributed by atoms with Gasteiger partial charge in [0.1, 0.15) is 0 Å². The molecule has 0 saturated carbocycles. The Morgan fingerprint density at radius 2 is 2.38 bits per heavy atom. The minimum Gasteiger partial charge on any atom is -0.333 e. The second-order valence-corrected chi connectivity index (χ2v) is 1.35. The zero-order valence-electron chi connectivity index (χ0n) is 4.85. The van der Waals surface area contributed by atoms with Gasteiger partial charge in [-0.1, -0.05) is 12.7 Å². The summed E-state index contributed by atoms with van der Waals surface area (Å²) >= 11 is 0. The van der Waals surface area contributed by atoms with Gasteiger partial charge in [0.2, 0.25) is 6.41 Å². The van der Waals surface area contributed by atoms with Crippen molar-refractivity contribution in [2.45, 2.75) is 6.92 Å². The van der Waals surface area contributed by atoms with Crippen LogP contribution in [0.2, 0.25) is 0 Å². The van der Waals surface area contributed by atoms with Crippen molar-refractivity contribution in [2.24, 2.45) is 0 Å². The first-order valence-electron chi connectivity index (χ1n) is 2.30. The number of carbonyl (C=O) groups is 1. The van der Waals surface area contributed by atoms with E-state index in [0.717, 1.165) is 5.70 Å². The minimum atomic E-state index is 0.634. The molecule has 1 N–H and O–H groups in total. The SMILES string of the molecule is C=C/C=C(\C)NC=O. The molecule has 8 heavy (non-hydrogen) atoms. The van der Waals surface area contributed by atoms with E-state index >= 15 is 0 Å². The summed E-state index contributed by atoms with van der Waals surface area (Å²) in [6.07, 6.45) is 3.97. The Morgan fingerprint density at radius 3 is 2.75 bits per heavy atom. The fourth-order valence-electron chi connectivity index (χ4n) is 0.318. The third-order valence-electron chi connectivity index (χ3n) is 0.654. The molecule has 0 heterocycles. The van der Waals surface area contributed by atoms with E-state index in [0.29, 0.717) is 6.41 Å². The van der Waals surface area contributed by atoms with Crippen LogP contribution in [-0.4, -0.2) is 6.41 Å². The van der Waals surface area contributed by atoms with Gasteiger partial charge in [0.25, 0.3) is 0 Å². The highest BCUT2D eigenvalue weighted by Crippen LogP contribution is 1.81. The molecular formula is C6H9NO. The van der Waals surface area contributed by atoms with E-state index < -0.39 is 0 Å². The summed E-state index contributed by atoms with van der Waals surface area (Å²) in [5, 5.41) is 2.46. The van der Waals surface area contributed by atoms with Crippen LogP contribution in [0.25, 0.3) is 0 Å². The van der Waals surface area contributed by atoms with E-state index in [1.165, 1.54) is 0 Å². The van der Waals surface area contributed by atoms with E-state index in [4.69, 9.17) is 0 Å². The number of amides is 1. The maximum absolute atomic E-state index is 9.70. The van der Waals surface area contributed by atoms with Crippen molar-refractivity contribution in [1.82, 2.24) is 5.32 Å². The van der Waals surface area contributed by atoms with E-state index in [1.807, 2.05) is 0 Å². The molecule has 0 saturated heterocycles. The highest BCUT2D eigenvalue weighted by Gasteiger charge is 1.76. The second kappa shape index (κ2) is 4.12. The second-order valence-electron chi connectivity index (χ2n) is 1.35. The van der Waals surface area contributed by atoms with E-state index in [2.05, 4.69) is 11.9 Å². The monoisotopic (exact) mass is 111 g/mol. The molecular weight excluding hydrogens is 102 g/mol. The average molecular weight is 111 g/mol. The lowest BCUT2D eigenvalue weighted by atomic mass is 10.4. The predicted octanol–water partition coefficient (Wildman–Crippen LogP) is 0.822. The maximum atomic E-state index is 9.70. The lowest BCUT2D eigenvalue weighted by Gasteiger charge is -1.90. The van der Waals surface area contributed by atoms with Crippen LogP contribution in [0.4, 0.5) is 0 Å². The van der Waals surface area contributed by atoms with Gasteiger partial charge >= 0.3 is 0 Å². The molecule has 0 rings (SSSR count). The molecule has 0 aromatic rings. The van der Waals surface area contributed by atoms with Crippen molar-refractivity contribution < 1.29 is 4.79 Å². The normalized spacial score (nSPS) is 10.4. The van der Waals surface area contributed by atoms with Gasteiger partial charge < -0.3 is 5.32 Å². The fourth-order valence-corrected chi connectivity index (χ4v) is 0.318. The molecule has 1 amide bonds. The molecule has 44 valence electrons. The number of hydrogen-bond donors (Lipinski definition) is 1. The van der Waals surface area contributed by atoms with Crippen LogP contribution in [0.15, 0.2) is 24.4 Å². The highest BCUT2D eigenvalue weighted by atomic mass is 16.1. The van der Waals surface area contributed by atoms with Gasteiger partial charge in [-0.05, 0) is 13.0 Å². The number of allylic oxidation sites excluding steroid dienone is 3. The third-order valence-corrected chi connectivity index (χ3v) is 0.654. The van der Waals surface area contributed by atoms with Crippen LogP contribution >= 0.6 is 0 Å². The Morgan fingerprint density at radius 1 is 1.75 bits per heavy atom. The smallest absolute Gasteiger partial charge is 0.211 e. The number of hydrogen-bond acceptors (Lipinski definition) is 1. The van der Waals surface area contributed by atoms with Crippen LogP contribution in [0.5, 0.6) is 0 Å². The number of rotatable bonds is 3. The van der Waals surface area contributed by atoms with Gasteiger partial charge in [0.05, 0.1) is 0 Å². The molecule has 2 heteroatoms. The van der Waals surface area contributed by atoms with Crippen molar-refractivity contribution in [2.75, 3.05) is 0 Å². The van der Waals surface area contributed by atoms with Crippen LogP contribution < -0.4 is 5.32 Å². The highest BCUT2D eigenvalue weighted by molar-refractivity contribution is 5.49. The first-order valence-corrected chi connectivity index (χ1v) is 2.30. The lowest BCUT2D eigenvalue weighted by molar-refractivity contribution is -0.108. The average Bonchev–Trinajstić information content (AvgIpc) is 1.68. The molecule has 0 aromatic heterocycles. The molecule has 0 unspecified atom stereocenters. The Hall–Kier alpha value is -1.05. The Kier molecular flexibility index (Phi) is 3.58. The van der Waals surface area contributed by atoms with Crippen molar-refractivity contribution in [3.8, 4) is 0 Å². The first-order chi connectivity index (χ1) is 3.81. The molecule has 0 spiro atoms. The van der Waals surface area contributed by atoms with Crippen LogP contribution in [0.1, 0.15) is 6.92 Å². The summed E-state index contributed by atoms with van der Waals surface area (Å²) in [7, 11) is 0. The van der Waals surface area contributed by atoms with Crippen LogP contribution in [-0.2, 0) is 4.79 Å². The molecule has 0 atom stereocenters. The molecule has 0 aliphatic rings. The summed E-state index contributed by atoms with van der Waals surface area (Å²) < 4.78 is 0. The third kappa shape index (κ3) is 3.15. The molecule has 0 radical (unpaired) electrons. The first kappa shape index (κ1) is 6.95. The summed E-state index contributed by atoms with van der Waals surface area (Å²) in [6, 6.07) is 0. The maximum Gasteiger partial charge on any atom is 0.211 e. The van der Waals surface area contributed by atoms with Gasteiger partial charge in [0, 0.05) is 5.70 Å². The molecule has 0 aliphatic heterocycles. The molecule has 0 aliphatic carbocycles. The summed E-state index contributed by atoms with van der Waals surface area (Å²) in [6.45, 7) is 5.24. The van der Waals surface area contributed by atoms with Crippen molar-refractivity contribution in [3.05, 3.63) is 24.4 Å². The van der Waals surface area contributed by atoms with Crippen molar-refractivity contribution in [1.29, 1.82) is 0 Å². The largest absolute Gasteiger partial charge is 0.333 e. The molecule has 0 fully saturated rings. The van der Waals surface area contributed by atoms with E-state index in [9.17, 15) is 4.79 Å². The van der Waals surface area contributed by atoms with E-state index in [-0.39, 0.29) is 0 Å². The predicted molar refractivity (Wildman–Crippen MR) is 33.2 cm³/mol. The Bertz CT molecular complexity index is 116. The van der Waals surface area contributed by atoms with Gasteiger partial charge in [0.15, 0.2) is 0 Å². The van der Waals surface area contributed by atoms with Gasteiger partial charge in [-0.15, -0.1) is 0 Å². The standard InChI is InChI=1S/C6H9NO/c1-3-4-6(2)7-5-8/h3-5H,1H2,2H3,(H,7,8)/b6-4+. The zero-order valence-corrected chi connectivity index (χ0v) is 4.85. The fraction of sp³-hybridized carbons (Fsp3) is 0.167. The number of carbonyl (C=O) groups excluding carboxylic acids is 1. The summed E-state index contributed by atoms with van der Waals surface area (Å²) in [5.74, 6) is 0. The zero-order chi connectivity index (χ0) is 6.41. The van der Waals surface area contributed by atoms with Crippen LogP contribution in [0.3, 0.4) is 0 Å². The number of nitrogens with one attached hydrogen (secondary N) is 1. The minimum absolute atomic E-state index is 0.634. The molecule has 0 bridgehead atoms. The molecule has 0 aromatic carbocycles. The summed E-state index contributed by atoms with van der Waals surface area (Å²) in [5.41, 5.74) is 0.801. The van der Waals surface area contributed by atoms with Gasteiger partial charge in [-0.2, -0.15) is 0 Å². The quantitative estimate of drug-likeness (QED) is 0.424. The molecule has 2 nitrogen and oxygen atoms in total. The van der Waals surface area contributed by atoms with E-state index in [1.54, 1.807) is 19.1 Å². The van der Waals surface area contributed by atoms with Crippen LogP contribution in [0, 0.1) is 0 Å². The lowest BCUT2D eigenvalue weighted by Crippen LogP contribution is -2.05.